The second-order valence-electron chi connectivity index (χ2n) is 8.45. The smallest absolute Gasteiger partial charge is 0.271 e. The highest BCUT2D eigenvalue weighted by atomic mass is 32.1. The summed E-state index contributed by atoms with van der Waals surface area (Å²) in [5.74, 6) is 2.21. The first-order valence-corrected chi connectivity index (χ1v) is 12.3. The van der Waals surface area contributed by atoms with E-state index in [1.807, 2.05) is 24.3 Å². The molecule has 5 rings (SSSR count). The van der Waals surface area contributed by atoms with Crippen LogP contribution in [0.1, 0.15) is 36.4 Å². The van der Waals surface area contributed by atoms with Gasteiger partial charge in [0.05, 0.1) is 44.7 Å². The van der Waals surface area contributed by atoms with Gasteiger partial charge < -0.3 is 18.9 Å². The van der Waals surface area contributed by atoms with Crippen LogP contribution < -0.4 is 33.8 Å². The van der Waals surface area contributed by atoms with Gasteiger partial charge in [-0.15, -0.1) is 0 Å². The molecule has 1 aliphatic carbocycles. The first-order valence-electron chi connectivity index (χ1n) is 11.5. The molecule has 3 aromatic rings. The Labute approximate surface area is 211 Å². The maximum atomic E-state index is 13.8. The van der Waals surface area contributed by atoms with Gasteiger partial charge in [-0.3, -0.25) is 14.2 Å². The first kappa shape index (κ1) is 23.9. The molecule has 0 fully saturated rings. The van der Waals surface area contributed by atoms with Crippen LogP contribution in [-0.4, -0.2) is 38.8 Å². The van der Waals surface area contributed by atoms with Crippen molar-refractivity contribution in [3.63, 3.8) is 0 Å². The van der Waals surface area contributed by atoms with E-state index in [0.29, 0.717) is 50.7 Å². The fourth-order valence-corrected chi connectivity index (χ4v) is 5.77. The van der Waals surface area contributed by atoms with Gasteiger partial charge in [-0.05, 0) is 54.3 Å². The number of allylic oxidation sites excluding steroid dienone is 2. The summed E-state index contributed by atoms with van der Waals surface area (Å²) >= 11 is 1.30. The number of benzene rings is 2. The second-order valence-corrected chi connectivity index (χ2v) is 9.46. The Hall–Kier alpha value is -3.85. The summed E-state index contributed by atoms with van der Waals surface area (Å²) < 4.78 is 23.8. The molecule has 8 nitrogen and oxygen atoms in total. The summed E-state index contributed by atoms with van der Waals surface area (Å²) in [6.07, 6.45) is 3.71. The lowest BCUT2D eigenvalue weighted by atomic mass is 9.86. The molecule has 2 heterocycles. The minimum atomic E-state index is -0.531. The number of ether oxygens (including phenoxy) is 4. The van der Waals surface area contributed by atoms with Crippen molar-refractivity contribution in [1.29, 1.82) is 0 Å². The van der Waals surface area contributed by atoms with Crippen molar-refractivity contribution >= 4 is 23.2 Å². The third-order valence-corrected chi connectivity index (χ3v) is 7.43. The van der Waals surface area contributed by atoms with Gasteiger partial charge in [-0.25, -0.2) is 4.99 Å². The lowest BCUT2D eigenvalue weighted by Crippen LogP contribution is -2.40. The molecule has 2 aromatic carbocycles. The van der Waals surface area contributed by atoms with Gasteiger partial charge in [0.2, 0.25) is 5.75 Å². The second kappa shape index (κ2) is 9.66. The van der Waals surface area contributed by atoms with E-state index in [0.717, 1.165) is 23.2 Å². The van der Waals surface area contributed by atoms with Crippen molar-refractivity contribution in [3.05, 3.63) is 78.5 Å². The van der Waals surface area contributed by atoms with Crippen molar-refractivity contribution in [1.82, 2.24) is 4.57 Å². The van der Waals surface area contributed by atoms with Crippen molar-refractivity contribution < 1.29 is 23.7 Å². The zero-order valence-corrected chi connectivity index (χ0v) is 21.3. The number of methoxy groups -OCH3 is 4. The van der Waals surface area contributed by atoms with Crippen LogP contribution in [0.2, 0.25) is 0 Å². The van der Waals surface area contributed by atoms with Crippen molar-refractivity contribution in [2.24, 2.45) is 4.99 Å². The summed E-state index contributed by atoms with van der Waals surface area (Å²) in [5.41, 5.74) is 2.73. The lowest BCUT2D eigenvalue weighted by Gasteiger charge is -2.28. The lowest BCUT2D eigenvalue weighted by molar-refractivity contribution is -0.116. The molecule has 2 aliphatic rings. The van der Waals surface area contributed by atoms with E-state index in [9.17, 15) is 9.59 Å². The molecule has 36 heavy (non-hydrogen) atoms. The number of carbonyl (C=O) groups excluding carboxylic acids is 1. The quantitative estimate of drug-likeness (QED) is 0.511. The highest BCUT2D eigenvalue weighted by molar-refractivity contribution is 7.07. The zero-order chi connectivity index (χ0) is 25.4. The predicted molar refractivity (Wildman–Crippen MR) is 136 cm³/mol. The minimum Gasteiger partial charge on any atom is -0.497 e. The van der Waals surface area contributed by atoms with Crippen LogP contribution in [0.3, 0.4) is 0 Å². The molecule has 0 bridgehead atoms. The minimum absolute atomic E-state index is 0.0414. The van der Waals surface area contributed by atoms with Crippen LogP contribution in [0.25, 0.3) is 6.08 Å². The van der Waals surface area contributed by atoms with E-state index >= 15 is 0 Å². The number of hydrogen-bond donors (Lipinski definition) is 0. The topological polar surface area (TPSA) is 88.4 Å². The SMILES string of the molecule is COc1ccc(C2C3=C(CCCC3=O)N=c3s/c(=C/c4cc(OC)c(OC)c(OC)c4)c(=O)n32)cc1. The van der Waals surface area contributed by atoms with Crippen molar-refractivity contribution in [2.75, 3.05) is 28.4 Å². The summed E-state index contributed by atoms with van der Waals surface area (Å²) in [5, 5.41) is 0. The number of ketones is 1. The van der Waals surface area contributed by atoms with Crippen LogP contribution in [-0.2, 0) is 4.79 Å². The molecule has 0 saturated heterocycles. The maximum absolute atomic E-state index is 13.8. The van der Waals surface area contributed by atoms with E-state index in [1.165, 1.54) is 11.3 Å². The number of hydrogen-bond acceptors (Lipinski definition) is 8. The molecule has 0 spiro atoms. The Balaban J connectivity index is 1.71. The monoisotopic (exact) mass is 506 g/mol. The number of rotatable bonds is 6. The molecule has 0 N–H and O–H groups in total. The molecule has 1 aromatic heterocycles. The molecule has 1 unspecified atom stereocenters. The van der Waals surface area contributed by atoms with Gasteiger partial charge in [0.25, 0.3) is 5.56 Å². The van der Waals surface area contributed by atoms with Crippen LogP contribution in [0.15, 0.2) is 57.5 Å². The fourth-order valence-electron chi connectivity index (χ4n) is 4.75. The molecule has 0 amide bonds. The Morgan fingerprint density at radius 2 is 1.64 bits per heavy atom. The van der Waals surface area contributed by atoms with Gasteiger partial charge in [0.15, 0.2) is 22.1 Å². The first-order chi connectivity index (χ1) is 17.5. The number of carbonyl (C=O) groups is 1. The van der Waals surface area contributed by atoms with Crippen molar-refractivity contribution in [2.45, 2.75) is 25.3 Å². The zero-order valence-electron chi connectivity index (χ0n) is 20.5. The Morgan fingerprint density at radius 1 is 0.944 bits per heavy atom. The number of nitrogens with zero attached hydrogens (tertiary/aromatic N) is 2. The molecule has 9 heteroatoms. The van der Waals surface area contributed by atoms with Crippen LogP contribution >= 0.6 is 11.3 Å². The van der Waals surface area contributed by atoms with Crippen LogP contribution in [0.5, 0.6) is 23.0 Å². The predicted octanol–water partition coefficient (Wildman–Crippen LogP) is 3.00. The number of aromatic nitrogens is 1. The molecular weight excluding hydrogens is 480 g/mol. The molecule has 186 valence electrons. The van der Waals surface area contributed by atoms with E-state index in [4.69, 9.17) is 23.9 Å². The summed E-state index contributed by atoms with van der Waals surface area (Å²) in [7, 11) is 6.24. The van der Waals surface area contributed by atoms with E-state index in [2.05, 4.69) is 0 Å². The summed E-state index contributed by atoms with van der Waals surface area (Å²) in [4.78, 5) is 32.2. The molecule has 0 saturated carbocycles. The normalized spacial score (nSPS) is 17.3. The molecule has 1 atom stereocenters. The maximum Gasteiger partial charge on any atom is 0.271 e. The Kier molecular flexibility index (Phi) is 6.40. The van der Waals surface area contributed by atoms with Crippen LogP contribution in [0, 0.1) is 0 Å². The third kappa shape index (κ3) is 3.99. The van der Waals surface area contributed by atoms with Crippen molar-refractivity contribution in [3.8, 4) is 23.0 Å². The number of Topliss-reactive ketones (excluding diaryl/α,β-unsaturated/α-hetero) is 1. The summed E-state index contributed by atoms with van der Waals surface area (Å²) in [6, 6.07) is 10.5. The highest BCUT2D eigenvalue weighted by Gasteiger charge is 2.35. The van der Waals surface area contributed by atoms with Gasteiger partial charge in [0.1, 0.15) is 5.75 Å². The summed E-state index contributed by atoms with van der Waals surface area (Å²) in [6.45, 7) is 0. The van der Waals surface area contributed by atoms with E-state index in [-0.39, 0.29) is 11.3 Å². The number of thiazole rings is 1. The van der Waals surface area contributed by atoms with Gasteiger partial charge in [0, 0.05) is 12.0 Å². The Bertz CT molecular complexity index is 1520. The van der Waals surface area contributed by atoms with Gasteiger partial charge in [-0.2, -0.15) is 0 Å². The largest absolute Gasteiger partial charge is 0.497 e. The Morgan fingerprint density at radius 3 is 2.25 bits per heavy atom. The molecule has 0 radical (unpaired) electrons. The van der Waals surface area contributed by atoms with Gasteiger partial charge in [-0.1, -0.05) is 23.5 Å². The average molecular weight is 507 g/mol. The standard InChI is InChI=1S/C27H26N2O6S/c1-32-17-10-8-16(9-11-17)24-23-18(6-5-7-19(23)30)28-27-29(24)26(31)22(36-27)14-15-12-20(33-2)25(35-4)21(13-15)34-3/h8-14,24H,5-7H2,1-4H3/b22-14+. The van der Waals surface area contributed by atoms with Crippen LogP contribution in [0.4, 0.5) is 0 Å². The fraction of sp³-hybridized carbons (Fsp3) is 0.296. The third-order valence-electron chi connectivity index (χ3n) is 6.44. The van der Waals surface area contributed by atoms with E-state index in [1.54, 1.807) is 51.2 Å². The average Bonchev–Trinajstić information content (AvgIpc) is 3.21. The molecule has 1 aliphatic heterocycles. The highest BCUT2D eigenvalue weighted by Crippen LogP contribution is 2.39. The number of fused-ring (bicyclic) bond motifs is 1. The molecular formula is C27H26N2O6S. The van der Waals surface area contributed by atoms with E-state index < -0.39 is 6.04 Å². The van der Waals surface area contributed by atoms with Gasteiger partial charge >= 0.3 is 0 Å².